The summed E-state index contributed by atoms with van der Waals surface area (Å²) in [5.74, 6) is -0.346. The molecule has 0 bridgehead atoms. The van der Waals surface area contributed by atoms with Gasteiger partial charge in [-0.25, -0.2) is 0 Å². The van der Waals surface area contributed by atoms with Gasteiger partial charge in [0.1, 0.15) is 0 Å². The van der Waals surface area contributed by atoms with E-state index in [9.17, 15) is 9.59 Å². The number of amides is 2. The molecule has 22 heavy (non-hydrogen) atoms. The average Bonchev–Trinajstić information content (AvgIpc) is 2.55. The zero-order chi connectivity index (χ0) is 15.5. The van der Waals surface area contributed by atoms with Gasteiger partial charge in [0.15, 0.2) is 0 Å². The molecule has 2 aromatic carbocycles. The molecule has 1 aliphatic rings. The van der Waals surface area contributed by atoms with Crippen molar-refractivity contribution in [2.24, 2.45) is 5.73 Å². The third-order valence-electron chi connectivity index (χ3n) is 4.19. The van der Waals surface area contributed by atoms with Crippen molar-refractivity contribution < 1.29 is 9.59 Å². The van der Waals surface area contributed by atoms with Gasteiger partial charge in [0, 0.05) is 23.1 Å². The lowest BCUT2D eigenvalue weighted by molar-refractivity contribution is 0.0608. The van der Waals surface area contributed by atoms with Crippen molar-refractivity contribution in [1.29, 1.82) is 0 Å². The van der Waals surface area contributed by atoms with Crippen LogP contribution in [-0.2, 0) is 0 Å². The van der Waals surface area contributed by atoms with Crippen molar-refractivity contribution in [1.82, 2.24) is 4.90 Å². The maximum absolute atomic E-state index is 12.6. The normalized spacial score (nSPS) is 14.0. The van der Waals surface area contributed by atoms with E-state index in [1.165, 1.54) is 4.90 Å². The van der Waals surface area contributed by atoms with Gasteiger partial charge < -0.3 is 5.73 Å². The summed E-state index contributed by atoms with van der Waals surface area (Å²) in [6.45, 7) is 1.17. The lowest BCUT2D eigenvalue weighted by Gasteiger charge is -2.27. The number of nitrogens with zero attached hydrogens (tertiary/aromatic N) is 1. The number of unbranched alkanes of at least 4 members (excludes halogenated alkanes) is 3. The first kappa shape index (κ1) is 14.7. The molecular formula is C18H20N2O2. The van der Waals surface area contributed by atoms with E-state index >= 15 is 0 Å². The fraction of sp³-hybridized carbons (Fsp3) is 0.333. The van der Waals surface area contributed by atoms with Gasteiger partial charge in [-0.15, -0.1) is 0 Å². The Morgan fingerprint density at radius 1 is 0.818 bits per heavy atom. The van der Waals surface area contributed by atoms with Gasteiger partial charge in [0.2, 0.25) is 0 Å². The van der Waals surface area contributed by atoms with Gasteiger partial charge in [-0.05, 0) is 36.9 Å². The van der Waals surface area contributed by atoms with E-state index in [1.54, 1.807) is 0 Å². The summed E-state index contributed by atoms with van der Waals surface area (Å²) in [7, 11) is 0. The molecule has 0 fully saturated rings. The Hall–Kier alpha value is -2.20. The molecular weight excluding hydrogens is 276 g/mol. The number of carbonyl (C=O) groups excluding carboxylic acids is 2. The Balaban J connectivity index is 1.85. The maximum atomic E-state index is 12.6. The van der Waals surface area contributed by atoms with E-state index in [2.05, 4.69) is 0 Å². The topological polar surface area (TPSA) is 63.4 Å². The van der Waals surface area contributed by atoms with Gasteiger partial charge >= 0.3 is 0 Å². The summed E-state index contributed by atoms with van der Waals surface area (Å²) in [5, 5.41) is 1.73. The fourth-order valence-electron chi connectivity index (χ4n) is 3.05. The molecule has 0 aromatic heterocycles. The van der Waals surface area contributed by atoms with Crippen LogP contribution in [0, 0.1) is 0 Å². The van der Waals surface area contributed by atoms with Crippen LogP contribution in [0.15, 0.2) is 36.4 Å². The third kappa shape index (κ3) is 2.50. The smallest absolute Gasteiger partial charge is 0.261 e. The second-order valence-corrected chi connectivity index (χ2v) is 5.67. The summed E-state index contributed by atoms with van der Waals surface area (Å²) in [6, 6.07) is 11.2. The third-order valence-corrected chi connectivity index (χ3v) is 4.19. The van der Waals surface area contributed by atoms with Crippen molar-refractivity contribution in [2.45, 2.75) is 25.7 Å². The highest BCUT2D eigenvalue weighted by Crippen LogP contribution is 2.30. The van der Waals surface area contributed by atoms with Gasteiger partial charge in [0.25, 0.3) is 11.8 Å². The van der Waals surface area contributed by atoms with Crippen LogP contribution in [0.5, 0.6) is 0 Å². The molecule has 114 valence electrons. The van der Waals surface area contributed by atoms with Crippen molar-refractivity contribution in [3.63, 3.8) is 0 Å². The minimum Gasteiger partial charge on any atom is -0.330 e. The first-order chi connectivity index (χ1) is 10.7. The SMILES string of the molecule is NCCCCCCN1C(=O)c2cccc3cccc(c23)C1=O. The maximum Gasteiger partial charge on any atom is 0.261 e. The van der Waals surface area contributed by atoms with Crippen LogP contribution in [0.1, 0.15) is 46.4 Å². The molecule has 0 atom stereocenters. The minimum atomic E-state index is -0.173. The lowest BCUT2D eigenvalue weighted by Crippen LogP contribution is -2.40. The zero-order valence-electron chi connectivity index (χ0n) is 12.5. The molecule has 0 aliphatic carbocycles. The highest BCUT2D eigenvalue weighted by atomic mass is 16.2. The van der Waals surface area contributed by atoms with Crippen LogP contribution >= 0.6 is 0 Å². The summed E-state index contributed by atoms with van der Waals surface area (Å²) in [5.41, 5.74) is 6.74. The highest BCUT2D eigenvalue weighted by molar-refractivity contribution is 6.25. The van der Waals surface area contributed by atoms with Gasteiger partial charge in [-0.2, -0.15) is 0 Å². The molecule has 0 radical (unpaired) electrons. The Bertz CT molecular complexity index is 673. The number of hydrogen-bond donors (Lipinski definition) is 1. The molecule has 2 amide bonds. The van der Waals surface area contributed by atoms with Gasteiger partial charge in [-0.3, -0.25) is 14.5 Å². The Labute approximate surface area is 129 Å². The zero-order valence-corrected chi connectivity index (χ0v) is 12.5. The first-order valence-electron chi connectivity index (χ1n) is 7.82. The number of carbonyl (C=O) groups is 2. The van der Waals surface area contributed by atoms with Crippen molar-refractivity contribution in [3.05, 3.63) is 47.5 Å². The molecule has 2 aromatic rings. The van der Waals surface area contributed by atoms with E-state index in [1.807, 2.05) is 36.4 Å². The number of rotatable bonds is 6. The molecule has 0 unspecified atom stereocenters. The molecule has 4 heteroatoms. The van der Waals surface area contributed by atoms with Crippen LogP contribution in [0.2, 0.25) is 0 Å². The molecule has 3 rings (SSSR count). The van der Waals surface area contributed by atoms with E-state index in [0.717, 1.165) is 36.5 Å². The van der Waals surface area contributed by atoms with Gasteiger partial charge in [-0.1, -0.05) is 37.1 Å². The highest BCUT2D eigenvalue weighted by Gasteiger charge is 2.31. The second-order valence-electron chi connectivity index (χ2n) is 5.67. The van der Waals surface area contributed by atoms with E-state index in [-0.39, 0.29) is 11.8 Å². The van der Waals surface area contributed by atoms with Crippen LogP contribution in [0.25, 0.3) is 10.8 Å². The van der Waals surface area contributed by atoms with E-state index < -0.39 is 0 Å². The minimum absolute atomic E-state index is 0.173. The second kappa shape index (κ2) is 6.28. The summed E-state index contributed by atoms with van der Waals surface area (Å²) in [4.78, 5) is 26.6. The van der Waals surface area contributed by atoms with E-state index in [0.29, 0.717) is 24.2 Å². The summed E-state index contributed by atoms with van der Waals surface area (Å²) in [6.07, 6.45) is 3.85. The van der Waals surface area contributed by atoms with Crippen LogP contribution < -0.4 is 5.73 Å². The van der Waals surface area contributed by atoms with Gasteiger partial charge in [0.05, 0.1) is 0 Å². The average molecular weight is 296 g/mol. The Morgan fingerprint density at radius 2 is 1.41 bits per heavy atom. The number of hydrogen-bond acceptors (Lipinski definition) is 3. The van der Waals surface area contributed by atoms with Crippen LogP contribution in [0.4, 0.5) is 0 Å². The molecule has 4 nitrogen and oxygen atoms in total. The molecule has 0 saturated carbocycles. The standard InChI is InChI=1S/C18H20N2O2/c19-11-3-1-2-4-12-20-17(21)14-9-5-7-13-8-6-10-15(16(13)14)18(20)22/h5-10H,1-4,11-12,19H2. The number of imide groups is 1. The lowest BCUT2D eigenvalue weighted by atomic mass is 9.94. The van der Waals surface area contributed by atoms with Crippen molar-refractivity contribution in [3.8, 4) is 0 Å². The predicted octanol–water partition coefficient (Wildman–Crippen LogP) is 2.95. The number of nitrogens with two attached hydrogens (primary N) is 1. The Morgan fingerprint density at radius 3 is 2.00 bits per heavy atom. The molecule has 1 heterocycles. The van der Waals surface area contributed by atoms with Crippen LogP contribution in [0.3, 0.4) is 0 Å². The molecule has 0 saturated heterocycles. The molecule has 1 aliphatic heterocycles. The summed E-state index contributed by atoms with van der Waals surface area (Å²) >= 11 is 0. The molecule has 2 N–H and O–H groups in total. The molecule has 0 spiro atoms. The number of benzene rings is 2. The quantitative estimate of drug-likeness (QED) is 0.658. The first-order valence-corrected chi connectivity index (χ1v) is 7.82. The monoisotopic (exact) mass is 296 g/mol. The van der Waals surface area contributed by atoms with Crippen LogP contribution in [-0.4, -0.2) is 29.8 Å². The summed E-state index contributed by atoms with van der Waals surface area (Å²) < 4.78 is 0. The largest absolute Gasteiger partial charge is 0.330 e. The Kier molecular flexibility index (Phi) is 4.20. The predicted molar refractivity (Wildman–Crippen MR) is 86.8 cm³/mol. The fourth-order valence-corrected chi connectivity index (χ4v) is 3.05. The van der Waals surface area contributed by atoms with Crippen molar-refractivity contribution >= 4 is 22.6 Å². The van der Waals surface area contributed by atoms with E-state index in [4.69, 9.17) is 5.73 Å². The van der Waals surface area contributed by atoms with Crippen molar-refractivity contribution in [2.75, 3.05) is 13.1 Å².